The van der Waals surface area contributed by atoms with Crippen molar-refractivity contribution in [2.45, 2.75) is 0 Å². The lowest BCUT2D eigenvalue weighted by atomic mass is 10.2. The molecule has 2 heterocycles. The molecule has 0 aliphatic heterocycles. The lowest BCUT2D eigenvalue weighted by molar-refractivity contribution is 0.102. The van der Waals surface area contributed by atoms with Crippen LogP contribution in [-0.4, -0.2) is 21.1 Å². The third-order valence-corrected chi connectivity index (χ3v) is 4.10. The van der Waals surface area contributed by atoms with Gasteiger partial charge in [0.25, 0.3) is 5.91 Å². The van der Waals surface area contributed by atoms with Gasteiger partial charge in [0.1, 0.15) is 5.01 Å². The Morgan fingerprint density at radius 2 is 1.76 bits per heavy atom. The number of benzene rings is 1. The van der Waals surface area contributed by atoms with E-state index in [0.717, 1.165) is 15.0 Å². The van der Waals surface area contributed by atoms with Gasteiger partial charge in [0.2, 0.25) is 5.13 Å². The smallest absolute Gasteiger partial charge is 0.257 e. The molecule has 1 N–H and O–H groups in total. The van der Waals surface area contributed by atoms with Gasteiger partial charge in [0, 0.05) is 28.0 Å². The number of anilines is 1. The lowest BCUT2D eigenvalue weighted by Gasteiger charge is -2.00. The zero-order valence-electron chi connectivity index (χ0n) is 10.7. The molecule has 0 saturated carbocycles. The SMILES string of the molecule is O=C(Nc1nnc(-c2ccncc2)s1)c1ccc(Br)cc1. The van der Waals surface area contributed by atoms with E-state index in [2.05, 4.69) is 36.4 Å². The molecule has 2 aromatic heterocycles. The molecule has 0 unspecified atom stereocenters. The summed E-state index contributed by atoms with van der Waals surface area (Å²) >= 11 is 4.65. The van der Waals surface area contributed by atoms with Crippen LogP contribution in [0.15, 0.2) is 53.3 Å². The van der Waals surface area contributed by atoms with Crippen molar-refractivity contribution >= 4 is 38.3 Å². The van der Waals surface area contributed by atoms with Gasteiger partial charge < -0.3 is 0 Å². The predicted octanol–water partition coefficient (Wildman–Crippen LogP) is 3.61. The second-order valence-electron chi connectivity index (χ2n) is 4.11. The first-order valence-electron chi connectivity index (χ1n) is 6.03. The molecule has 3 rings (SSSR count). The number of nitrogens with zero attached hydrogens (tertiary/aromatic N) is 3. The molecule has 1 amide bonds. The van der Waals surface area contributed by atoms with E-state index >= 15 is 0 Å². The first kappa shape index (κ1) is 13.8. The van der Waals surface area contributed by atoms with Crippen LogP contribution in [0.25, 0.3) is 10.6 Å². The summed E-state index contributed by atoms with van der Waals surface area (Å²) in [6, 6.07) is 10.8. The molecular formula is C14H9BrN4OS. The van der Waals surface area contributed by atoms with E-state index in [-0.39, 0.29) is 5.91 Å². The Morgan fingerprint density at radius 1 is 1.05 bits per heavy atom. The fraction of sp³-hybridized carbons (Fsp3) is 0. The third-order valence-electron chi connectivity index (χ3n) is 2.68. The Balaban J connectivity index is 1.75. The number of amides is 1. The number of hydrogen-bond acceptors (Lipinski definition) is 5. The second-order valence-corrected chi connectivity index (χ2v) is 6.00. The molecule has 1 aromatic carbocycles. The molecular weight excluding hydrogens is 352 g/mol. The van der Waals surface area contributed by atoms with Gasteiger partial charge in [-0.05, 0) is 36.4 Å². The van der Waals surface area contributed by atoms with Crippen molar-refractivity contribution in [3.63, 3.8) is 0 Å². The first-order valence-corrected chi connectivity index (χ1v) is 7.64. The average Bonchev–Trinajstić information content (AvgIpc) is 2.97. The Bertz CT molecular complexity index is 758. The Morgan fingerprint density at radius 3 is 2.48 bits per heavy atom. The highest BCUT2D eigenvalue weighted by Gasteiger charge is 2.11. The van der Waals surface area contributed by atoms with Crippen LogP contribution >= 0.6 is 27.3 Å². The molecule has 0 spiro atoms. The van der Waals surface area contributed by atoms with Gasteiger partial charge in [-0.15, -0.1) is 10.2 Å². The zero-order valence-corrected chi connectivity index (χ0v) is 13.1. The average molecular weight is 361 g/mol. The monoisotopic (exact) mass is 360 g/mol. The molecule has 0 aliphatic carbocycles. The maximum absolute atomic E-state index is 12.1. The van der Waals surface area contributed by atoms with Gasteiger partial charge in [-0.25, -0.2) is 0 Å². The minimum Gasteiger partial charge on any atom is -0.296 e. The minimum absolute atomic E-state index is 0.208. The van der Waals surface area contributed by atoms with Crippen molar-refractivity contribution in [3.05, 3.63) is 58.8 Å². The quantitative estimate of drug-likeness (QED) is 0.774. The lowest BCUT2D eigenvalue weighted by Crippen LogP contribution is -2.11. The van der Waals surface area contributed by atoms with Crippen molar-refractivity contribution in [1.82, 2.24) is 15.2 Å². The van der Waals surface area contributed by atoms with Gasteiger partial charge in [0.15, 0.2) is 0 Å². The van der Waals surface area contributed by atoms with Crippen molar-refractivity contribution in [1.29, 1.82) is 0 Å². The minimum atomic E-state index is -0.208. The number of carbonyl (C=O) groups excluding carboxylic acids is 1. The molecule has 0 saturated heterocycles. The summed E-state index contributed by atoms with van der Waals surface area (Å²) in [4.78, 5) is 16.0. The van der Waals surface area contributed by atoms with Crippen molar-refractivity contribution in [2.75, 3.05) is 5.32 Å². The van der Waals surface area contributed by atoms with Crippen LogP contribution in [0.5, 0.6) is 0 Å². The number of halogens is 1. The number of hydrogen-bond donors (Lipinski definition) is 1. The molecule has 0 aliphatic rings. The molecule has 0 fully saturated rings. The number of aromatic nitrogens is 3. The summed E-state index contributed by atoms with van der Waals surface area (Å²) in [5.74, 6) is -0.208. The molecule has 0 radical (unpaired) electrons. The number of nitrogens with one attached hydrogen (secondary N) is 1. The molecule has 21 heavy (non-hydrogen) atoms. The fourth-order valence-electron chi connectivity index (χ4n) is 1.66. The van der Waals surface area contributed by atoms with Crippen LogP contribution in [0, 0.1) is 0 Å². The van der Waals surface area contributed by atoms with E-state index in [0.29, 0.717) is 10.7 Å². The number of pyridine rings is 1. The summed E-state index contributed by atoms with van der Waals surface area (Å²) < 4.78 is 0.926. The summed E-state index contributed by atoms with van der Waals surface area (Å²) in [6.45, 7) is 0. The molecule has 7 heteroatoms. The maximum atomic E-state index is 12.1. The maximum Gasteiger partial charge on any atom is 0.257 e. The highest BCUT2D eigenvalue weighted by Crippen LogP contribution is 2.25. The van der Waals surface area contributed by atoms with Crippen LogP contribution in [0.1, 0.15) is 10.4 Å². The second kappa shape index (κ2) is 6.11. The summed E-state index contributed by atoms with van der Waals surface area (Å²) in [6.07, 6.45) is 3.38. The molecule has 0 bridgehead atoms. The van der Waals surface area contributed by atoms with Crippen LogP contribution in [-0.2, 0) is 0 Å². The standard InChI is InChI=1S/C14H9BrN4OS/c15-11-3-1-9(2-4-11)12(20)17-14-19-18-13(21-14)10-5-7-16-8-6-10/h1-8H,(H,17,19,20). The zero-order chi connectivity index (χ0) is 14.7. The van der Waals surface area contributed by atoms with Gasteiger partial charge in [0.05, 0.1) is 0 Å². The number of rotatable bonds is 3. The van der Waals surface area contributed by atoms with Gasteiger partial charge in [-0.1, -0.05) is 27.3 Å². The van der Waals surface area contributed by atoms with Crippen LogP contribution in [0.2, 0.25) is 0 Å². The van der Waals surface area contributed by atoms with Crippen LogP contribution in [0.3, 0.4) is 0 Å². The van der Waals surface area contributed by atoms with E-state index in [1.165, 1.54) is 11.3 Å². The van der Waals surface area contributed by atoms with Crippen LogP contribution < -0.4 is 5.32 Å². The largest absolute Gasteiger partial charge is 0.296 e. The van der Waals surface area contributed by atoms with E-state index < -0.39 is 0 Å². The Kier molecular flexibility index (Phi) is 4.03. The van der Waals surface area contributed by atoms with Crippen molar-refractivity contribution < 1.29 is 4.79 Å². The first-order chi connectivity index (χ1) is 10.2. The van der Waals surface area contributed by atoms with Gasteiger partial charge in [-0.3, -0.25) is 15.1 Å². The summed E-state index contributed by atoms with van der Waals surface area (Å²) in [5, 5.41) is 12.0. The molecule has 3 aromatic rings. The van der Waals surface area contributed by atoms with Gasteiger partial charge >= 0.3 is 0 Å². The normalized spacial score (nSPS) is 10.3. The molecule has 5 nitrogen and oxygen atoms in total. The number of carbonyl (C=O) groups is 1. The molecule has 0 atom stereocenters. The molecule has 104 valence electrons. The van der Waals surface area contributed by atoms with Gasteiger partial charge in [-0.2, -0.15) is 0 Å². The topological polar surface area (TPSA) is 67.8 Å². The van der Waals surface area contributed by atoms with Crippen molar-refractivity contribution in [2.24, 2.45) is 0 Å². The van der Waals surface area contributed by atoms with E-state index in [1.54, 1.807) is 24.5 Å². The van der Waals surface area contributed by atoms with E-state index in [4.69, 9.17) is 0 Å². The predicted molar refractivity (Wildman–Crippen MR) is 85.2 cm³/mol. The summed E-state index contributed by atoms with van der Waals surface area (Å²) in [7, 11) is 0. The fourth-order valence-corrected chi connectivity index (χ4v) is 2.66. The Labute approximate surface area is 133 Å². The third kappa shape index (κ3) is 3.32. The summed E-state index contributed by atoms with van der Waals surface area (Å²) in [5.41, 5.74) is 1.49. The van der Waals surface area contributed by atoms with E-state index in [1.807, 2.05) is 24.3 Å². The van der Waals surface area contributed by atoms with E-state index in [9.17, 15) is 4.79 Å². The highest BCUT2D eigenvalue weighted by molar-refractivity contribution is 9.10. The van der Waals surface area contributed by atoms with Crippen molar-refractivity contribution in [3.8, 4) is 10.6 Å². The Hall–Kier alpha value is -2.12. The highest BCUT2D eigenvalue weighted by atomic mass is 79.9. The van der Waals surface area contributed by atoms with Crippen LogP contribution in [0.4, 0.5) is 5.13 Å².